The lowest BCUT2D eigenvalue weighted by molar-refractivity contribution is -0.125. The van der Waals surface area contributed by atoms with Gasteiger partial charge in [0.25, 0.3) is 0 Å². The molecule has 0 amide bonds. The molecule has 2 saturated carbocycles. The fourth-order valence-electron chi connectivity index (χ4n) is 3.42. The summed E-state index contributed by atoms with van der Waals surface area (Å²) in [5.74, 6) is 2.62. The van der Waals surface area contributed by atoms with Gasteiger partial charge in [-0.1, -0.05) is 51.9 Å². The smallest absolute Gasteiger partial charge is 0.136 e. The fourth-order valence-corrected chi connectivity index (χ4v) is 3.42. The Balaban J connectivity index is 1.74. The van der Waals surface area contributed by atoms with E-state index in [2.05, 4.69) is 6.92 Å². The summed E-state index contributed by atoms with van der Waals surface area (Å²) < 4.78 is 0. The molecule has 0 bridgehead atoms. The average molecular weight is 222 g/mol. The van der Waals surface area contributed by atoms with Crippen LogP contribution in [0.5, 0.6) is 0 Å². The Labute approximate surface area is 100.0 Å². The van der Waals surface area contributed by atoms with Crippen LogP contribution in [0.4, 0.5) is 0 Å². The van der Waals surface area contributed by atoms with Gasteiger partial charge in [0, 0.05) is 12.3 Å². The van der Waals surface area contributed by atoms with E-state index in [1.54, 1.807) is 0 Å². The Hall–Kier alpha value is -0.330. The van der Waals surface area contributed by atoms with E-state index >= 15 is 0 Å². The minimum atomic E-state index is 0.429. The lowest BCUT2D eigenvalue weighted by atomic mass is 9.77. The summed E-state index contributed by atoms with van der Waals surface area (Å²) in [6.07, 6.45) is 12.6. The molecule has 0 N–H and O–H groups in total. The Kier molecular flexibility index (Phi) is 4.43. The second-order valence-electron chi connectivity index (χ2n) is 6.13. The van der Waals surface area contributed by atoms with Crippen molar-refractivity contribution in [1.29, 1.82) is 0 Å². The van der Waals surface area contributed by atoms with E-state index in [9.17, 15) is 4.79 Å². The third-order valence-corrected chi connectivity index (χ3v) is 4.69. The molecule has 0 unspecified atom stereocenters. The van der Waals surface area contributed by atoms with Crippen molar-refractivity contribution in [3.8, 4) is 0 Å². The maximum atomic E-state index is 12.2. The van der Waals surface area contributed by atoms with E-state index in [-0.39, 0.29) is 0 Å². The van der Waals surface area contributed by atoms with Crippen LogP contribution in [0.25, 0.3) is 0 Å². The largest absolute Gasteiger partial charge is 0.299 e. The summed E-state index contributed by atoms with van der Waals surface area (Å²) >= 11 is 0. The zero-order chi connectivity index (χ0) is 11.4. The van der Waals surface area contributed by atoms with Crippen LogP contribution >= 0.6 is 0 Å². The van der Waals surface area contributed by atoms with Gasteiger partial charge in [0.15, 0.2) is 0 Å². The highest BCUT2D eigenvalue weighted by Crippen LogP contribution is 2.33. The van der Waals surface area contributed by atoms with Gasteiger partial charge in [0.2, 0.25) is 0 Å². The van der Waals surface area contributed by atoms with Crippen LogP contribution in [-0.2, 0) is 4.79 Å². The molecule has 0 aromatic heterocycles. The van der Waals surface area contributed by atoms with Crippen molar-refractivity contribution in [2.75, 3.05) is 0 Å². The molecule has 2 fully saturated rings. The number of Topliss-reactive ketones (excluding diaryl/α,β-unsaturated/α-hetero) is 1. The predicted octanol–water partition coefficient (Wildman–Crippen LogP) is 4.35. The molecule has 2 aliphatic rings. The molecule has 0 aliphatic heterocycles. The second-order valence-corrected chi connectivity index (χ2v) is 6.13. The molecule has 0 atom stereocenters. The van der Waals surface area contributed by atoms with Gasteiger partial charge in [0.05, 0.1) is 0 Å². The number of carbonyl (C=O) groups excluding carboxylic acids is 1. The molecule has 0 aromatic rings. The van der Waals surface area contributed by atoms with Crippen molar-refractivity contribution < 1.29 is 4.79 Å². The molecular formula is C15H26O. The average Bonchev–Trinajstić information content (AvgIpc) is 2.31. The van der Waals surface area contributed by atoms with Crippen LogP contribution in [0.2, 0.25) is 0 Å². The van der Waals surface area contributed by atoms with Crippen LogP contribution in [0.1, 0.15) is 71.1 Å². The van der Waals surface area contributed by atoms with E-state index < -0.39 is 0 Å². The molecule has 0 aromatic carbocycles. The first kappa shape index (κ1) is 12.1. The van der Waals surface area contributed by atoms with Crippen molar-refractivity contribution >= 4 is 5.78 Å². The molecule has 1 nitrogen and oxygen atoms in total. The lowest BCUT2D eigenvalue weighted by Crippen LogP contribution is -2.23. The van der Waals surface area contributed by atoms with Gasteiger partial charge < -0.3 is 0 Å². The van der Waals surface area contributed by atoms with Crippen LogP contribution in [-0.4, -0.2) is 5.78 Å². The molecular weight excluding hydrogens is 196 g/mol. The summed E-state index contributed by atoms with van der Waals surface area (Å²) in [7, 11) is 0. The first-order chi connectivity index (χ1) is 7.75. The van der Waals surface area contributed by atoms with Crippen LogP contribution in [0.3, 0.4) is 0 Å². The number of hydrogen-bond donors (Lipinski definition) is 0. The summed E-state index contributed by atoms with van der Waals surface area (Å²) in [6.45, 7) is 2.32. The third-order valence-electron chi connectivity index (χ3n) is 4.69. The van der Waals surface area contributed by atoms with Crippen molar-refractivity contribution in [3.63, 3.8) is 0 Å². The fraction of sp³-hybridized carbons (Fsp3) is 0.933. The Morgan fingerprint density at radius 1 is 0.938 bits per heavy atom. The predicted molar refractivity (Wildman–Crippen MR) is 67.3 cm³/mol. The standard InChI is InChI=1S/C15H26O/c1-12-7-9-14(10-8-12)15(16)11-13-5-3-2-4-6-13/h12-14H,2-11H2,1H3. The van der Waals surface area contributed by atoms with Gasteiger partial charge in [-0.3, -0.25) is 4.79 Å². The molecule has 0 radical (unpaired) electrons. The second kappa shape index (κ2) is 5.84. The first-order valence-electron chi connectivity index (χ1n) is 7.28. The Morgan fingerprint density at radius 3 is 2.19 bits per heavy atom. The van der Waals surface area contributed by atoms with Gasteiger partial charge >= 0.3 is 0 Å². The highest BCUT2D eigenvalue weighted by atomic mass is 16.1. The summed E-state index contributed by atoms with van der Waals surface area (Å²) in [5, 5.41) is 0. The Morgan fingerprint density at radius 2 is 1.56 bits per heavy atom. The highest BCUT2D eigenvalue weighted by Gasteiger charge is 2.26. The van der Waals surface area contributed by atoms with Crippen molar-refractivity contribution in [1.82, 2.24) is 0 Å². The van der Waals surface area contributed by atoms with E-state index in [0.717, 1.165) is 18.3 Å². The Bertz CT molecular complexity index is 220. The zero-order valence-corrected chi connectivity index (χ0v) is 10.7. The van der Waals surface area contributed by atoms with Gasteiger partial charge in [-0.05, 0) is 24.7 Å². The maximum Gasteiger partial charge on any atom is 0.136 e. The maximum absolute atomic E-state index is 12.2. The van der Waals surface area contributed by atoms with Crippen molar-refractivity contribution in [2.45, 2.75) is 71.1 Å². The molecule has 2 aliphatic carbocycles. The number of hydrogen-bond acceptors (Lipinski definition) is 1. The van der Waals surface area contributed by atoms with Crippen LogP contribution in [0.15, 0.2) is 0 Å². The minimum absolute atomic E-state index is 0.429. The van der Waals surface area contributed by atoms with Crippen LogP contribution in [0, 0.1) is 17.8 Å². The quantitative estimate of drug-likeness (QED) is 0.693. The SMILES string of the molecule is CC1CCC(C(=O)CC2CCCCC2)CC1. The number of rotatable bonds is 3. The van der Waals surface area contributed by atoms with E-state index in [1.165, 1.54) is 57.8 Å². The first-order valence-corrected chi connectivity index (χ1v) is 7.28. The molecule has 0 saturated heterocycles. The molecule has 92 valence electrons. The number of carbonyl (C=O) groups is 1. The van der Waals surface area contributed by atoms with E-state index in [0.29, 0.717) is 11.7 Å². The zero-order valence-electron chi connectivity index (χ0n) is 10.7. The van der Waals surface area contributed by atoms with Gasteiger partial charge in [-0.25, -0.2) is 0 Å². The van der Waals surface area contributed by atoms with Gasteiger partial charge in [0.1, 0.15) is 5.78 Å². The highest BCUT2D eigenvalue weighted by molar-refractivity contribution is 5.81. The molecule has 16 heavy (non-hydrogen) atoms. The molecule has 0 heterocycles. The number of ketones is 1. The van der Waals surface area contributed by atoms with Crippen molar-refractivity contribution in [2.24, 2.45) is 17.8 Å². The van der Waals surface area contributed by atoms with E-state index in [4.69, 9.17) is 0 Å². The monoisotopic (exact) mass is 222 g/mol. The summed E-state index contributed by atoms with van der Waals surface area (Å²) in [6, 6.07) is 0. The van der Waals surface area contributed by atoms with Crippen molar-refractivity contribution in [3.05, 3.63) is 0 Å². The minimum Gasteiger partial charge on any atom is -0.299 e. The third kappa shape index (κ3) is 3.33. The topological polar surface area (TPSA) is 17.1 Å². The van der Waals surface area contributed by atoms with E-state index in [1.807, 2.05) is 0 Å². The van der Waals surface area contributed by atoms with Gasteiger partial charge in [-0.15, -0.1) is 0 Å². The molecule has 2 rings (SSSR count). The molecule has 1 heteroatoms. The lowest BCUT2D eigenvalue weighted by Gasteiger charge is -2.27. The normalized spacial score (nSPS) is 32.6. The summed E-state index contributed by atoms with van der Waals surface area (Å²) in [5.41, 5.74) is 0. The van der Waals surface area contributed by atoms with Gasteiger partial charge in [-0.2, -0.15) is 0 Å². The van der Waals surface area contributed by atoms with Crippen LogP contribution < -0.4 is 0 Å². The molecule has 0 spiro atoms. The summed E-state index contributed by atoms with van der Waals surface area (Å²) in [4.78, 5) is 12.2.